The molecule has 0 saturated heterocycles. The van der Waals surface area contributed by atoms with Gasteiger partial charge in [-0.3, -0.25) is 4.68 Å². The molecule has 0 saturated carbocycles. The fraction of sp³-hybridized carbons (Fsp3) is 0.750. The van der Waals surface area contributed by atoms with Crippen LogP contribution in [0.4, 0.5) is 0 Å². The SMILES string of the molecule is CCNC(=NCc1c(C)nn(C)c1C)NCCCCOCC. The summed E-state index contributed by atoms with van der Waals surface area (Å²) in [4.78, 5) is 4.66. The Labute approximate surface area is 134 Å². The van der Waals surface area contributed by atoms with Crippen molar-refractivity contribution in [1.82, 2.24) is 20.4 Å². The van der Waals surface area contributed by atoms with Gasteiger partial charge in [-0.05, 0) is 40.5 Å². The van der Waals surface area contributed by atoms with Crippen molar-refractivity contribution in [2.75, 3.05) is 26.3 Å². The summed E-state index contributed by atoms with van der Waals surface area (Å²) < 4.78 is 7.25. The summed E-state index contributed by atoms with van der Waals surface area (Å²) >= 11 is 0. The molecule has 0 amide bonds. The lowest BCUT2D eigenvalue weighted by atomic mass is 10.2. The van der Waals surface area contributed by atoms with Crippen molar-refractivity contribution in [1.29, 1.82) is 0 Å². The van der Waals surface area contributed by atoms with E-state index in [2.05, 4.69) is 34.6 Å². The van der Waals surface area contributed by atoms with Crippen molar-refractivity contribution < 1.29 is 4.74 Å². The third kappa shape index (κ3) is 6.05. The van der Waals surface area contributed by atoms with E-state index >= 15 is 0 Å². The first-order valence-electron chi connectivity index (χ1n) is 8.19. The lowest BCUT2D eigenvalue weighted by Crippen LogP contribution is -2.37. The fourth-order valence-corrected chi connectivity index (χ4v) is 2.23. The standard InChI is InChI=1S/C16H31N5O/c1-6-17-16(18-10-8-9-11-22-7-2)19-12-15-13(3)20-21(5)14(15)4/h6-12H2,1-5H3,(H2,17,18,19). The minimum absolute atomic E-state index is 0.653. The third-order valence-electron chi connectivity index (χ3n) is 3.61. The second-order valence-electron chi connectivity index (χ2n) is 5.30. The largest absolute Gasteiger partial charge is 0.382 e. The number of aryl methyl sites for hydroxylation is 2. The van der Waals surface area contributed by atoms with Crippen LogP contribution in [0, 0.1) is 13.8 Å². The van der Waals surface area contributed by atoms with Crippen molar-refractivity contribution >= 4 is 5.96 Å². The highest BCUT2D eigenvalue weighted by Crippen LogP contribution is 2.12. The molecule has 6 heteroatoms. The van der Waals surface area contributed by atoms with Crippen molar-refractivity contribution in [3.8, 4) is 0 Å². The Hall–Kier alpha value is -1.56. The maximum Gasteiger partial charge on any atom is 0.191 e. The van der Waals surface area contributed by atoms with Crippen LogP contribution in [-0.2, 0) is 18.3 Å². The molecular weight excluding hydrogens is 278 g/mol. The fourth-order valence-electron chi connectivity index (χ4n) is 2.23. The Kier molecular flexibility index (Phi) is 8.58. The highest BCUT2D eigenvalue weighted by atomic mass is 16.5. The molecule has 1 rings (SSSR count). The third-order valence-corrected chi connectivity index (χ3v) is 3.61. The molecule has 126 valence electrons. The van der Waals surface area contributed by atoms with Gasteiger partial charge in [0.1, 0.15) is 0 Å². The molecule has 1 aromatic heterocycles. The summed E-state index contributed by atoms with van der Waals surface area (Å²) in [6, 6.07) is 0. The molecule has 1 heterocycles. The molecule has 0 bridgehead atoms. The summed E-state index contributed by atoms with van der Waals surface area (Å²) in [6.07, 6.45) is 2.15. The Morgan fingerprint density at radius 3 is 2.59 bits per heavy atom. The van der Waals surface area contributed by atoms with Gasteiger partial charge in [0.25, 0.3) is 0 Å². The van der Waals surface area contributed by atoms with Crippen LogP contribution in [0.3, 0.4) is 0 Å². The predicted molar refractivity (Wildman–Crippen MR) is 91.2 cm³/mol. The quantitative estimate of drug-likeness (QED) is 0.415. The van der Waals surface area contributed by atoms with E-state index in [9.17, 15) is 0 Å². The second-order valence-corrected chi connectivity index (χ2v) is 5.30. The topological polar surface area (TPSA) is 63.5 Å². The van der Waals surface area contributed by atoms with Crippen LogP contribution in [0.25, 0.3) is 0 Å². The monoisotopic (exact) mass is 309 g/mol. The number of ether oxygens (including phenoxy) is 1. The Morgan fingerprint density at radius 1 is 1.23 bits per heavy atom. The number of rotatable bonds is 9. The molecule has 0 unspecified atom stereocenters. The van der Waals surface area contributed by atoms with Crippen LogP contribution in [0.15, 0.2) is 4.99 Å². The smallest absolute Gasteiger partial charge is 0.191 e. The van der Waals surface area contributed by atoms with Crippen LogP contribution in [0.5, 0.6) is 0 Å². The molecule has 2 N–H and O–H groups in total. The minimum Gasteiger partial charge on any atom is -0.382 e. The van der Waals surface area contributed by atoms with Gasteiger partial charge in [-0.25, -0.2) is 4.99 Å². The van der Waals surface area contributed by atoms with Crippen LogP contribution in [0.1, 0.15) is 43.6 Å². The summed E-state index contributed by atoms with van der Waals surface area (Å²) in [5.41, 5.74) is 3.43. The molecule has 0 aliphatic rings. The summed E-state index contributed by atoms with van der Waals surface area (Å²) in [5, 5.41) is 11.1. The molecule has 0 radical (unpaired) electrons. The zero-order valence-corrected chi connectivity index (χ0v) is 14.7. The van der Waals surface area contributed by atoms with Gasteiger partial charge in [0, 0.05) is 44.6 Å². The van der Waals surface area contributed by atoms with Crippen molar-refractivity contribution in [2.24, 2.45) is 12.0 Å². The average molecular weight is 309 g/mol. The number of nitrogens with zero attached hydrogens (tertiary/aromatic N) is 3. The van der Waals surface area contributed by atoms with E-state index in [0.29, 0.717) is 6.54 Å². The highest BCUT2D eigenvalue weighted by Gasteiger charge is 2.08. The van der Waals surface area contributed by atoms with Crippen LogP contribution < -0.4 is 10.6 Å². The average Bonchev–Trinajstić information content (AvgIpc) is 2.73. The molecule has 0 spiro atoms. The van der Waals surface area contributed by atoms with Gasteiger partial charge >= 0.3 is 0 Å². The first kappa shape index (κ1) is 18.5. The molecule has 6 nitrogen and oxygen atoms in total. The zero-order valence-electron chi connectivity index (χ0n) is 14.7. The van der Waals surface area contributed by atoms with Crippen LogP contribution in [0.2, 0.25) is 0 Å². The van der Waals surface area contributed by atoms with Gasteiger partial charge in [0.15, 0.2) is 5.96 Å². The Morgan fingerprint density at radius 2 is 2.00 bits per heavy atom. The number of hydrogen-bond donors (Lipinski definition) is 2. The van der Waals surface area contributed by atoms with Crippen LogP contribution >= 0.6 is 0 Å². The summed E-state index contributed by atoms with van der Waals surface area (Å²) in [7, 11) is 1.97. The van der Waals surface area contributed by atoms with Gasteiger partial charge in [0.05, 0.1) is 12.2 Å². The molecule has 1 aromatic rings. The van der Waals surface area contributed by atoms with E-state index in [1.165, 1.54) is 11.3 Å². The number of hydrogen-bond acceptors (Lipinski definition) is 3. The van der Waals surface area contributed by atoms with Gasteiger partial charge in [-0.15, -0.1) is 0 Å². The molecule has 0 aliphatic heterocycles. The van der Waals surface area contributed by atoms with Gasteiger partial charge in [0.2, 0.25) is 0 Å². The maximum absolute atomic E-state index is 5.34. The molecular formula is C16H31N5O. The number of unbranched alkanes of at least 4 members (excludes halogenated alkanes) is 1. The Balaban J connectivity index is 2.48. The minimum atomic E-state index is 0.653. The number of nitrogens with one attached hydrogen (secondary N) is 2. The van der Waals surface area contributed by atoms with Gasteiger partial charge < -0.3 is 15.4 Å². The van der Waals surface area contributed by atoms with E-state index in [4.69, 9.17) is 4.74 Å². The van der Waals surface area contributed by atoms with Crippen molar-refractivity contribution in [3.63, 3.8) is 0 Å². The predicted octanol–water partition coefficient (Wildman–Crippen LogP) is 1.91. The van der Waals surface area contributed by atoms with E-state index < -0.39 is 0 Å². The Bertz CT molecular complexity index is 467. The van der Waals surface area contributed by atoms with Gasteiger partial charge in [-0.1, -0.05) is 0 Å². The highest BCUT2D eigenvalue weighted by molar-refractivity contribution is 5.79. The molecule has 0 aliphatic carbocycles. The second kappa shape index (κ2) is 10.2. The number of guanidine groups is 1. The van der Waals surface area contributed by atoms with E-state index in [1.54, 1.807) is 0 Å². The van der Waals surface area contributed by atoms with Crippen molar-refractivity contribution in [2.45, 2.75) is 47.1 Å². The zero-order chi connectivity index (χ0) is 16.4. The van der Waals surface area contributed by atoms with Gasteiger partial charge in [-0.2, -0.15) is 5.10 Å². The summed E-state index contributed by atoms with van der Waals surface area (Å²) in [6.45, 7) is 12.3. The van der Waals surface area contributed by atoms with E-state index in [-0.39, 0.29) is 0 Å². The van der Waals surface area contributed by atoms with E-state index in [0.717, 1.165) is 50.8 Å². The molecule has 0 fully saturated rings. The van der Waals surface area contributed by atoms with E-state index in [1.807, 2.05) is 25.6 Å². The summed E-state index contributed by atoms with van der Waals surface area (Å²) in [5.74, 6) is 0.863. The van der Waals surface area contributed by atoms with Crippen molar-refractivity contribution in [3.05, 3.63) is 17.0 Å². The maximum atomic E-state index is 5.34. The molecule has 22 heavy (non-hydrogen) atoms. The lowest BCUT2D eigenvalue weighted by Gasteiger charge is -2.11. The lowest BCUT2D eigenvalue weighted by molar-refractivity contribution is 0.143. The molecule has 0 aromatic carbocycles. The number of aliphatic imine (C=N–C) groups is 1. The molecule has 0 atom stereocenters. The first-order chi connectivity index (χ1) is 10.6. The van der Waals surface area contributed by atoms with Crippen LogP contribution in [-0.4, -0.2) is 42.0 Å². The normalized spacial score (nSPS) is 11.8. The number of aromatic nitrogens is 2. The first-order valence-corrected chi connectivity index (χ1v) is 8.19.